The molecule has 0 radical (unpaired) electrons. The second kappa shape index (κ2) is 10.1. The van der Waals surface area contributed by atoms with E-state index in [-0.39, 0.29) is 11.9 Å². The average molecular weight is 479 g/mol. The van der Waals surface area contributed by atoms with Gasteiger partial charge in [0.1, 0.15) is 23.8 Å². The second-order valence-electron chi connectivity index (χ2n) is 7.56. The van der Waals surface area contributed by atoms with Gasteiger partial charge < -0.3 is 14.8 Å². The van der Waals surface area contributed by atoms with Gasteiger partial charge in [-0.25, -0.2) is 0 Å². The highest BCUT2D eigenvalue weighted by molar-refractivity contribution is 7.80. The van der Waals surface area contributed by atoms with Crippen molar-refractivity contribution in [2.75, 3.05) is 7.11 Å². The number of amides is 1. The SMILES string of the molecule is COc1ccc(/C=C2\NC(=S)N(C(C)c3ccccc3)C2=O)cc1COc1ccc(Cl)cc1. The fourth-order valence-corrected chi connectivity index (χ4v) is 4.12. The van der Waals surface area contributed by atoms with Crippen molar-refractivity contribution < 1.29 is 14.3 Å². The zero-order chi connectivity index (χ0) is 23.4. The van der Waals surface area contributed by atoms with Crippen molar-refractivity contribution in [1.82, 2.24) is 10.2 Å². The Kier molecular flexibility index (Phi) is 6.96. The summed E-state index contributed by atoms with van der Waals surface area (Å²) in [4.78, 5) is 14.7. The lowest BCUT2D eigenvalue weighted by atomic mass is 10.1. The lowest BCUT2D eigenvalue weighted by Crippen LogP contribution is -2.33. The fourth-order valence-electron chi connectivity index (χ4n) is 3.64. The molecule has 0 aliphatic carbocycles. The Bertz CT molecular complexity index is 1200. The molecule has 1 amide bonds. The summed E-state index contributed by atoms with van der Waals surface area (Å²) in [7, 11) is 1.61. The number of nitrogens with zero attached hydrogens (tertiary/aromatic N) is 1. The van der Waals surface area contributed by atoms with Crippen LogP contribution in [-0.4, -0.2) is 23.0 Å². The molecule has 3 aromatic rings. The number of rotatable bonds is 7. The van der Waals surface area contributed by atoms with E-state index in [0.29, 0.717) is 33.9 Å². The zero-order valence-corrected chi connectivity index (χ0v) is 19.8. The van der Waals surface area contributed by atoms with Gasteiger partial charge in [0, 0.05) is 10.6 Å². The molecule has 4 rings (SSSR count). The number of nitrogens with one attached hydrogen (secondary N) is 1. The van der Waals surface area contributed by atoms with Gasteiger partial charge in [-0.05, 0) is 72.7 Å². The molecule has 33 heavy (non-hydrogen) atoms. The first-order valence-electron chi connectivity index (χ1n) is 10.4. The van der Waals surface area contributed by atoms with Crippen LogP contribution in [0.15, 0.2) is 78.5 Å². The van der Waals surface area contributed by atoms with Crippen LogP contribution in [0.2, 0.25) is 5.02 Å². The molecule has 1 atom stereocenters. The van der Waals surface area contributed by atoms with Gasteiger partial charge >= 0.3 is 0 Å². The van der Waals surface area contributed by atoms with Crippen molar-refractivity contribution in [3.63, 3.8) is 0 Å². The predicted octanol–water partition coefficient (Wildman–Crippen LogP) is 5.75. The molecule has 7 heteroatoms. The van der Waals surface area contributed by atoms with E-state index in [4.69, 9.17) is 33.3 Å². The maximum Gasteiger partial charge on any atom is 0.277 e. The van der Waals surface area contributed by atoms with Crippen molar-refractivity contribution in [2.45, 2.75) is 19.6 Å². The molecule has 1 saturated heterocycles. The summed E-state index contributed by atoms with van der Waals surface area (Å²) in [5, 5.41) is 4.10. The van der Waals surface area contributed by atoms with Gasteiger partial charge in [-0.1, -0.05) is 48.0 Å². The maximum absolute atomic E-state index is 13.1. The summed E-state index contributed by atoms with van der Waals surface area (Å²) in [5.74, 6) is 1.24. The highest BCUT2D eigenvalue weighted by Gasteiger charge is 2.34. The number of carbonyl (C=O) groups is 1. The molecule has 0 saturated carbocycles. The van der Waals surface area contributed by atoms with Crippen LogP contribution in [-0.2, 0) is 11.4 Å². The molecule has 0 aromatic heterocycles. The van der Waals surface area contributed by atoms with Gasteiger partial charge in [-0.3, -0.25) is 9.69 Å². The minimum Gasteiger partial charge on any atom is -0.496 e. The number of halogens is 1. The summed E-state index contributed by atoms with van der Waals surface area (Å²) in [6, 6.07) is 22.5. The third kappa shape index (κ3) is 5.18. The predicted molar refractivity (Wildman–Crippen MR) is 134 cm³/mol. The van der Waals surface area contributed by atoms with Crippen molar-refractivity contribution >= 4 is 40.9 Å². The smallest absolute Gasteiger partial charge is 0.277 e. The first-order chi connectivity index (χ1) is 16.0. The van der Waals surface area contributed by atoms with E-state index in [0.717, 1.165) is 16.7 Å². The molecule has 168 valence electrons. The quantitative estimate of drug-likeness (QED) is 0.346. The van der Waals surface area contributed by atoms with E-state index in [2.05, 4.69) is 5.32 Å². The Morgan fingerprint density at radius 1 is 1.09 bits per heavy atom. The molecular weight excluding hydrogens is 456 g/mol. The Hall–Kier alpha value is -3.35. The maximum atomic E-state index is 13.1. The second-order valence-corrected chi connectivity index (χ2v) is 8.39. The highest BCUT2D eigenvalue weighted by atomic mass is 35.5. The van der Waals surface area contributed by atoms with E-state index < -0.39 is 0 Å². The number of hydrogen-bond donors (Lipinski definition) is 1. The topological polar surface area (TPSA) is 50.8 Å². The number of carbonyl (C=O) groups excluding carboxylic acids is 1. The summed E-state index contributed by atoms with van der Waals surface area (Å²) in [5.41, 5.74) is 3.13. The van der Waals surface area contributed by atoms with Crippen LogP contribution >= 0.6 is 23.8 Å². The van der Waals surface area contributed by atoms with Crippen molar-refractivity contribution in [2.24, 2.45) is 0 Å². The molecule has 0 spiro atoms. The van der Waals surface area contributed by atoms with Crippen molar-refractivity contribution in [1.29, 1.82) is 0 Å². The van der Waals surface area contributed by atoms with Gasteiger partial charge in [0.25, 0.3) is 5.91 Å². The number of thiocarbonyl (C=S) groups is 1. The van der Waals surface area contributed by atoms with E-state index in [9.17, 15) is 4.79 Å². The van der Waals surface area contributed by atoms with Crippen LogP contribution in [0.3, 0.4) is 0 Å². The normalized spacial score (nSPS) is 15.5. The molecule has 1 N–H and O–H groups in total. The molecule has 1 aliphatic rings. The Morgan fingerprint density at radius 2 is 1.82 bits per heavy atom. The summed E-state index contributed by atoms with van der Waals surface area (Å²) >= 11 is 11.4. The first kappa shape index (κ1) is 22.8. The third-order valence-electron chi connectivity index (χ3n) is 5.40. The van der Waals surface area contributed by atoms with Crippen LogP contribution in [0.4, 0.5) is 0 Å². The molecule has 1 heterocycles. The third-order valence-corrected chi connectivity index (χ3v) is 5.95. The largest absolute Gasteiger partial charge is 0.496 e. The molecule has 5 nitrogen and oxygen atoms in total. The molecule has 1 aliphatic heterocycles. The molecule has 3 aromatic carbocycles. The molecular formula is C26H23ClN2O3S. The van der Waals surface area contributed by atoms with Gasteiger partial charge in [0.2, 0.25) is 0 Å². The monoisotopic (exact) mass is 478 g/mol. The lowest BCUT2D eigenvalue weighted by molar-refractivity contribution is -0.123. The van der Waals surface area contributed by atoms with Gasteiger partial charge in [-0.2, -0.15) is 0 Å². The summed E-state index contributed by atoms with van der Waals surface area (Å²) in [6.07, 6.45) is 1.79. The number of methoxy groups -OCH3 is 1. The lowest BCUT2D eigenvalue weighted by Gasteiger charge is -2.23. The van der Waals surface area contributed by atoms with Crippen LogP contribution in [0, 0.1) is 0 Å². The standard InChI is InChI=1S/C26H23ClN2O3S/c1-17(19-6-4-3-5-7-19)29-25(30)23(28-26(29)33)15-18-8-13-24(31-2)20(14-18)16-32-22-11-9-21(27)10-12-22/h3-15,17H,16H2,1-2H3,(H,28,33)/b23-15-. The number of hydrogen-bond acceptors (Lipinski definition) is 4. The fraction of sp³-hybridized carbons (Fsp3) is 0.154. The minimum absolute atomic E-state index is 0.161. The molecule has 1 unspecified atom stereocenters. The van der Waals surface area contributed by atoms with Gasteiger partial charge in [0.05, 0.1) is 13.2 Å². The Balaban J connectivity index is 1.54. The Morgan fingerprint density at radius 3 is 2.52 bits per heavy atom. The zero-order valence-electron chi connectivity index (χ0n) is 18.2. The Labute approximate surface area is 203 Å². The average Bonchev–Trinajstić information content (AvgIpc) is 3.11. The molecule has 1 fully saturated rings. The van der Waals surface area contributed by atoms with E-state index in [1.54, 1.807) is 30.2 Å². The van der Waals surface area contributed by atoms with E-state index in [1.165, 1.54) is 0 Å². The van der Waals surface area contributed by atoms with Crippen LogP contribution in [0.5, 0.6) is 11.5 Å². The van der Waals surface area contributed by atoms with E-state index in [1.807, 2.05) is 67.6 Å². The van der Waals surface area contributed by atoms with Crippen molar-refractivity contribution in [3.8, 4) is 11.5 Å². The summed E-state index contributed by atoms with van der Waals surface area (Å²) < 4.78 is 11.4. The number of benzene rings is 3. The molecule has 0 bridgehead atoms. The summed E-state index contributed by atoms with van der Waals surface area (Å²) in [6.45, 7) is 2.27. The van der Waals surface area contributed by atoms with Gasteiger partial charge in [-0.15, -0.1) is 0 Å². The highest BCUT2D eigenvalue weighted by Crippen LogP contribution is 2.28. The van der Waals surface area contributed by atoms with Crippen LogP contribution in [0.25, 0.3) is 6.08 Å². The minimum atomic E-state index is -0.177. The number of ether oxygens (including phenoxy) is 2. The van der Waals surface area contributed by atoms with Crippen LogP contribution in [0.1, 0.15) is 29.7 Å². The van der Waals surface area contributed by atoms with Gasteiger partial charge in [0.15, 0.2) is 5.11 Å². The first-order valence-corrected chi connectivity index (χ1v) is 11.2. The van der Waals surface area contributed by atoms with Crippen molar-refractivity contribution in [3.05, 3.63) is 100 Å². The van der Waals surface area contributed by atoms with E-state index >= 15 is 0 Å². The van der Waals surface area contributed by atoms with Crippen LogP contribution < -0.4 is 14.8 Å².